The van der Waals surface area contributed by atoms with Crippen molar-refractivity contribution in [3.8, 4) is 0 Å². The van der Waals surface area contributed by atoms with Gasteiger partial charge in [-0.2, -0.15) is 0 Å². The van der Waals surface area contributed by atoms with Crippen LogP contribution in [0.4, 0.5) is 0 Å². The molecule has 0 bridgehead atoms. The van der Waals surface area contributed by atoms with E-state index < -0.39 is 0 Å². The molecule has 1 aromatic rings. The van der Waals surface area contributed by atoms with Crippen LogP contribution in [0.2, 0.25) is 0 Å². The van der Waals surface area contributed by atoms with Gasteiger partial charge >= 0.3 is 0 Å². The highest BCUT2D eigenvalue weighted by Crippen LogP contribution is 2.27. The monoisotopic (exact) mass is 411 g/mol. The minimum absolute atomic E-state index is 0.265. The van der Waals surface area contributed by atoms with E-state index in [1.807, 2.05) is 4.90 Å². The Bertz CT molecular complexity index is 686. The summed E-state index contributed by atoms with van der Waals surface area (Å²) in [6.45, 7) is 5.54. The molecule has 5 nitrogen and oxygen atoms in total. The molecule has 0 unspecified atom stereocenters. The number of benzene rings is 1. The van der Waals surface area contributed by atoms with Crippen LogP contribution >= 0.6 is 0 Å². The average molecular weight is 412 g/mol. The first kappa shape index (κ1) is 21.4. The number of carbonyl (C=O) groups is 2. The summed E-state index contributed by atoms with van der Waals surface area (Å²) in [5.41, 5.74) is 1.42. The maximum atomic E-state index is 12.8. The molecule has 0 N–H and O–H groups in total. The smallest absolute Gasteiger partial charge is 0.236 e. The second-order valence-corrected chi connectivity index (χ2v) is 9.43. The summed E-state index contributed by atoms with van der Waals surface area (Å²) in [6, 6.07) is 10.7. The van der Waals surface area contributed by atoms with Crippen LogP contribution in [0.1, 0.15) is 50.5 Å². The summed E-state index contributed by atoms with van der Waals surface area (Å²) in [7, 11) is 0. The number of rotatable bonds is 6. The standard InChI is InChI=1S/C25H37N3O2/c29-24(20-26-16-18-28(19-17-26)25(30)23-8-4-5-9-23)27-14-12-22(13-15-27)11-10-21-6-2-1-3-7-21/h1-3,6-7,22-23H,4-5,8-20H2. The Morgan fingerprint density at radius 1 is 0.800 bits per heavy atom. The molecule has 1 saturated carbocycles. The van der Waals surface area contributed by atoms with Gasteiger partial charge < -0.3 is 9.80 Å². The van der Waals surface area contributed by atoms with Crippen molar-refractivity contribution in [2.75, 3.05) is 45.8 Å². The second kappa shape index (κ2) is 10.4. The molecule has 164 valence electrons. The molecule has 0 spiro atoms. The summed E-state index contributed by atoms with van der Waals surface area (Å²) in [4.78, 5) is 31.7. The Labute approximate surface area is 181 Å². The zero-order valence-corrected chi connectivity index (χ0v) is 18.3. The van der Waals surface area contributed by atoms with Crippen molar-refractivity contribution < 1.29 is 9.59 Å². The van der Waals surface area contributed by atoms with Crippen molar-refractivity contribution in [1.82, 2.24) is 14.7 Å². The molecular formula is C25H37N3O2. The number of hydrogen-bond donors (Lipinski definition) is 0. The zero-order valence-electron chi connectivity index (χ0n) is 18.3. The molecular weight excluding hydrogens is 374 g/mol. The van der Waals surface area contributed by atoms with Crippen molar-refractivity contribution >= 4 is 11.8 Å². The molecule has 1 aromatic carbocycles. The van der Waals surface area contributed by atoms with Crippen LogP contribution in [0.3, 0.4) is 0 Å². The van der Waals surface area contributed by atoms with Gasteiger partial charge in [-0.25, -0.2) is 0 Å². The lowest BCUT2D eigenvalue weighted by molar-refractivity contribution is -0.138. The van der Waals surface area contributed by atoms with Crippen LogP contribution in [-0.4, -0.2) is 72.3 Å². The van der Waals surface area contributed by atoms with Crippen molar-refractivity contribution in [2.45, 2.75) is 51.4 Å². The number of nitrogens with zero attached hydrogens (tertiary/aromatic N) is 3. The van der Waals surface area contributed by atoms with Crippen molar-refractivity contribution in [2.24, 2.45) is 11.8 Å². The van der Waals surface area contributed by atoms with E-state index >= 15 is 0 Å². The van der Waals surface area contributed by atoms with E-state index in [0.29, 0.717) is 12.5 Å². The molecule has 4 rings (SSSR count). The first-order valence-corrected chi connectivity index (χ1v) is 12.0. The summed E-state index contributed by atoms with van der Waals surface area (Å²) in [6.07, 6.45) is 9.16. The summed E-state index contributed by atoms with van der Waals surface area (Å²) in [5.74, 6) is 1.63. The maximum Gasteiger partial charge on any atom is 0.236 e. The van der Waals surface area contributed by atoms with E-state index in [2.05, 4.69) is 40.1 Å². The number of carbonyl (C=O) groups excluding carboxylic acids is 2. The predicted octanol–water partition coefficient (Wildman–Crippen LogP) is 3.19. The third-order valence-electron chi connectivity index (χ3n) is 7.40. The topological polar surface area (TPSA) is 43.9 Å². The quantitative estimate of drug-likeness (QED) is 0.722. The molecule has 3 aliphatic rings. The van der Waals surface area contributed by atoms with Crippen LogP contribution in [0.15, 0.2) is 30.3 Å². The molecule has 2 saturated heterocycles. The van der Waals surface area contributed by atoms with Gasteiger partial charge in [-0.05, 0) is 50.0 Å². The Hall–Kier alpha value is -1.88. The minimum atomic E-state index is 0.265. The highest BCUT2D eigenvalue weighted by Gasteiger charge is 2.30. The van der Waals surface area contributed by atoms with E-state index in [9.17, 15) is 9.59 Å². The third-order valence-corrected chi connectivity index (χ3v) is 7.40. The Balaban J connectivity index is 1.14. The van der Waals surface area contributed by atoms with Gasteiger partial charge in [0.05, 0.1) is 6.54 Å². The molecule has 5 heteroatoms. The maximum absolute atomic E-state index is 12.8. The van der Waals surface area contributed by atoms with E-state index in [-0.39, 0.29) is 11.8 Å². The highest BCUT2D eigenvalue weighted by atomic mass is 16.2. The van der Waals surface area contributed by atoms with Gasteiger partial charge in [0.2, 0.25) is 11.8 Å². The first-order valence-electron chi connectivity index (χ1n) is 12.0. The normalized spacial score (nSPS) is 21.9. The summed E-state index contributed by atoms with van der Waals surface area (Å²) >= 11 is 0. The molecule has 0 aromatic heterocycles. The van der Waals surface area contributed by atoms with Crippen LogP contribution in [-0.2, 0) is 16.0 Å². The lowest BCUT2D eigenvalue weighted by Crippen LogP contribution is -2.53. The fourth-order valence-corrected chi connectivity index (χ4v) is 5.34. The fraction of sp³-hybridized carbons (Fsp3) is 0.680. The van der Waals surface area contributed by atoms with Crippen molar-refractivity contribution in [3.63, 3.8) is 0 Å². The van der Waals surface area contributed by atoms with Gasteiger partial charge in [-0.1, -0.05) is 43.2 Å². The minimum Gasteiger partial charge on any atom is -0.342 e. The molecule has 2 aliphatic heterocycles. The molecule has 3 fully saturated rings. The third kappa shape index (κ3) is 5.63. The number of amides is 2. The van der Waals surface area contributed by atoms with Gasteiger partial charge in [0.25, 0.3) is 0 Å². The summed E-state index contributed by atoms with van der Waals surface area (Å²) < 4.78 is 0. The van der Waals surface area contributed by atoms with Gasteiger partial charge in [-0.3, -0.25) is 14.5 Å². The molecule has 2 heterocycles. The van der Waals surface area contributed by atoms with Crippen molar-refractivity contribution in [1.29, 1.82) is 0 Å². The summed E-state index contributed by atoms with van der Waals surface area (Å²) in [5, 5.41) is 0. The van der Waals surface area contributed by atoms with Crippen LogP contribution < -0.4 is 0 Å². The van der Waals surface area contributed by atoms with Gasteiger partial charge in [-0.15, -0.1) is 0 Å². The molecule has 1 aliphatic carbocycles. The first-order chi connectivity index (χ1) is 14.7. The van der Waals surface area contributed by atoms with E-state index in [1.54, 1.807) is 0 Å². The largest absolute Gasteiger partial charge is 0.342 e. The number of piperazine rings is 1. The Kier molecular flexibility index (Phi) is 7.42. The SMILES string of the molecule is O=C(CN1CCN(C(=O)C2CCCC2)CC1)N1CCC(CCc2ccccc2)CC1. The molecule has 0 radical (unpaired) electrons. The van der Waals surface area contributed by atoms with Crippen LogP contribution in [0.25, 0.3) is 0 Å². The average Bonchev–Trinajstić information content (AvgIpc) is 3.34. The van der Waals surface area contributed by atoms with E-state index in [1.165, 1.54) is 24.8 Å². The number of likely N-dealkylation sites (tertiary alicyclic amines) is 1. The number of hydrogen-bond acceptors (Lipinski definition) is 3. The van der Waals surface area contributed by atoms with Gasteiger partial charge in [0.15, 0.2) is 0 Å². The lowest BCUT2D eigenvalue weighted by atomic mass is 9.90. The molecule has 2 amide bonds. The van der Waals surface area contributed by atoms with E-state index in [0.717, 1.165) is 77.3 Å². The van der Waals surface area contributed by atoms with E-state index in [4.69, 9.17) is 0 Å². The second-order valence-electron chi connectivity index (χ2n) is 9.43. The highest BCUT2D eigenvalue weighted by molar-refractivity contribution is 5.80. The number of piperidine rings is 1. The number of aryl methyl sites for hydroxylation is 1. The Morgan fingerprint density at radius 3 is 2.13 bits per heavy atom. The van der Waals surface area contributed by atoms with Gasteiger partial charge in [0, 0.05) is 45.2 Å². The molecule has 30 heavy (non-hydrogen) atoms. The van der Waals surface area contributed by atoms with Gasteiger partial charge in [0.1, 0.15) is 0 Å². The fourth-order valence-electron chi connectivity index (χ4n) is 5.34. The zero-order chi connectivity index (χ0) is 20.8. The van der Waals surface area contributed by atoms with Crippen molar-refractivity contribution in [3.05, 3.63) is 35.9 Å². The van der Waals surface area contributed by atoms with Crippen LogP contribution in [0.5, 0.6) is 0 Å². The Morgan fingerprint density at radius 2 is 1.47 bits per heavy atom. The lowest BCUT2D eigenvalue weighted by Gasteiger charge is -2.37. The molecule has 0 atom stereocenters. The van der Waals surface area contributed by atoms with Crippen LogP contribution in [0, 0.1) is 11.8 Å². The predicted molar refractivity (Wildman–Crippen MR) is 119 cm³/mol.